The molecule has 0 spiro atoms. The molecule has 1 aliphatic heterocycles. The van der Waals surface area contributed by atoms with Crippen molar-refractivity contribution in [1.82, 2.24) is 10.0 Å². The number of anilines is 1. The van der Waals surface area contributed by atoms with Crippen LogP contribution in [0.25, 0.3) is 0 Å². The summed E-state index contributed by atoms with van der Waals surface area (Å²) in [7, 11) is 4.83. The second-order valence-electron chi connectivity index (χ2n) is 7.34. The molecule has 1 N–H and O–H groups in total. The van der Waals surface area contributed by atoms with Crippen LogP contribution in [0, 0.1) is 11.8 Å². The number of hydrogen-bond acceptors (Lipinski definition) is 6. The summed E-state index contributed by atoms with van der Waals surface area (Å²) in [4.78, 5) is 24.8. The third-order valence-electron chi connectivity index (χ3n) is 5.58. The van der Waals surface area contributed by atoms with Gasteiger partial charge in [0.2, 0.25) is 0 Å². The molecule has 1 aliphatic rings. The SMILES string of the molecule is CCCCC1(CC)C(N=O)=C(CNc2cc(C)oc2C(F)(F)P)C(=O)N(C)N1C. The standard InChI is InChI=1S/C19H29F2N4O3P/c1-6-8-9-18(7-2)15(23-27)13(17(26)24(4)25(18)5)11-22-14-10-12(3)28-16(14)19(20,21)29/h10,22H,6-9,11,29H2,1-5H3. The van der Waals surface area contributed by atoms with Crippen LogP contribution in [0.2, 0.25) is 0 Å². The first-order chi connectivity index (χ1) is 13.5. The van der Waals surface area contributed by atoms with Crippen molar-refractivity contribution in [2.24, 2.45) is 5.18 Å². The van der Waals surface area contributed by atoms with E-state index in [1.807, 2.05) is 13.8 Å². The van der Waals surface area contributed by atoms with E-state index in [1.54, 1.807) is 26.0 Å². The van der Waals surface area contributed by atoms with Crippen molar-refractivity contribution in [2.75, 3.05) is 26.0 Å². The van der Waals surface area contributed by atoms with Crippen molar-refractivity contribution >= 4 is 20.8 Å². The van der Waals surface area contributed by atoms with E-state index in [4.69, 9.17) is 4.42 Å². The Labute approximate surface area is 172 Å². The first kappa shape index (κ1) is 23.4. The van der Waals surface area contributed by atoms with Crippen LogP contribution in [0.5, 0.6) is 0 Å². The molecule has 162 valence electrons. The van der Waals surface area contributed by atoms with Crippen LogP contribution >= 0.6 is 9.24 Å². The first-order valence-corrected chi connectivity index (χ1v) is 10.2. The lowest BCUT2D eigenvalue weighted by Gasteiger charge is -2.49. The summed E-state index contributed by atoms with van der Waals surface area (Å²) < 4.78 is 32.7. The highest BCUT2D eigenvalue weighted by Crippen LogP contribution is 2.42. The number of nitrogens with zero attached hydrogens (tertiary/aromatic N) is 3. The van der Waals surface area contributed by atoms with Gasteiger partial charge in [-0.2, -0.15) is 8.78 Å². The van der Waals surface area contributed by atoms with Crippen LogP contribution in [0.3, 0.4) is 0 Å². The van der Waals surface area contributed by atoms with Gasteiger partial charge in [0.25, 0.3) is 5.91 Å². The topological polar surface area (TPSA) is 78.1 Å². The number of aryl methyl sites for hydroxylation is 1. The van der Waals surface area contributed by atoms with Crippen LogP contribution in [0.15, 0.2) is 26.9 Å². The van der Waals surface area contributed by atoms with Gasteiger partial charge in [0.15, 0.2) is 5.76 Å². The van der Waals surface area contributed by atoms with Crippen molar-refractivity contribution in [3.8, 4) is 0 Å². The number of nitrogens with one attached hydrogen (secondary N) is 1. The van der Waals surface area contributed by atoms with Crippen molar-refractivity contribution in [1.29, 1.82) is 0 Å². The molecule has 0 saturated heterocycles. The Kier molecular flexibility index (Phi) is 7.17. The molecule has 7 nitrogen and oxygen atoms in total. The smallest absolute Gasteiger partial charge is 0.317 e. The van der Waals surface area contributed by atoms with Gasteiger partial charge in [-0.15, -0.1) is 4.91 Å². The third-order valence-corrected chi connectivity index (χ3v) is 5.84. The summed E-state index contributed by atoms with van der Waals surface area (Å²) in [6.45, 7) is 5.44. The summed E-state index contributed by atoms with van der Waals surface area (Å²) in [5.74, 6) is -0.623. The van der Waals surface area contributed by atoms with E-state index < -0.39 is 22.9 Å². The fourth-order valence-corrected chi connectivity index (χ4v) is 4.07. The van der Waals surface area contributed by atoms with E-state index in [1.165, 1.54) is 20.3 Å². The number of carbonyl (C=O) groups excluding carboxylic acids is 1. The summed E-state index contributed by atoms with van der Waals surface area (Å²) in [6, 6.07) is 1.44. The molecule has 1 aromatic heterocycles. The van der Waals surface area contributed by atoms with E-state index in [0.717, 1.165) is 12.8 Å². The van der Waals surface area contributed by atoms with Crippen molar-refractivity contribution in [2.45, 2.75) is 57.7 Å². The minimum absolute atomic E-state index is 0.0743. The Morgan fingerprint density at radius 2 is 2.00 bits per heavy atom. The summed E-state index contributed by atoms with van der Waals surface area (Å²) in [5.41, 5.74) is -3.58. The minimum atomic E-state index is -3.27. The quantitative estimate of drug-likeness (QED) is 0.458. The van der Waals surface area contributed by atoms with Crippen molar-refractivity contribution in [3.63, 3.8) is 0 Å². The second kappa shape index (κ2) is 8.88. The number of carbonyl (C=O) groups is 1. The Morgan fingerprint density at radius 3 is 2.52 bits per heavy atom. The molecule has 2 rings (SSSR count). The number of hydrogen-bond donors (Lipinski definition) is 1. The lowest BCUT2D eigenvalue weighted by molar-refractivity contribution is -0.152. The zero-order valence-corrected chi connectivity index (χ0v) is 18.7. The van der Waals surface area contributed by atoms with Gasteiger partial charge in [0, 0.05) is 26.7 Å². The molecule has 2 heterocycles. The number of unbranched alkanes of at least 4 members (excludes halogenated alkanes) is 1. The number of furan rings is 1. The number of likely N-dealkylation sites (N-methyl/N-ethyl adjacent to an activating group) is 2. The fourth-order valence-electron chi connectivity index (χ4n) is 3.85. The highest BCUT2D eigenvalue weighted by molar-refractivity contribution is 7.17. The summed E-state index contributed by atoms with van der Waals surface area (Å²) in [5, 5.41) is 9.32. The van der Waals surface area contributed by atoms with Crippen molar-refractivity contribution in [3.05, 3.63) is 33.8 Å². The van der Waals surface area contributed by atoms with Gasteiger partial charge < -0.3 is 9.73 Å². The van der Waals surface area contributed by atoms with E-state index in [0.29, 0.717) is 18.6 Å². The number of alkyl halides is 2. The number of nitroso groups, excluding NO2 is 1. The molecule has 1 aromatic rings. The van der Waals surface area contributed by atoms with E-state index in [9.17, 15) is 18.5 Å². The summed E-state index contributed by atoms with van der Waals surface area (Å²) >= 11 is 0. The molecular formula is C19H29F2N4O3P. The van der Waals surface area contributed by atoms with Crippen LogP contribution in [0.1, 0.15) is 51.1 Å². The molecule has 1 amide bonds. The predicted molar refractivity (Wildman–Crippen MR) is 111 cm³/mol. The molecule has 10 heteroatoms. The average Bonchev–Trinajstić information content (AvgIpc) is 3.05. The normalized spacial score (nSPS) is 21.1. The second-order valence-corrected chi connectivity index (χ2v) is 8.06. The van der Waals surface area contributed by atoms with E-state index >= 15 is 0 Å². The maximum Gasteiger partial charge on any atom is 0.317 e. The monoisotopic (exact) mass is 430 g/mol. The van der Waals surface area contributed by atoms with Gasteiger partial charge in [-0.3, -0.25) is 9.80 Å². The maximum atomic E-state index is 13.8. The molecule has 0 aromatic carbocycles. The molecule has 0 bridgehead atoms. The molecule has 2 unspecified atom stereocenters. The average molecular weight is 430 g/mol. The highest BCUT2D eigenvalue weighted by Gasteiger charge is 2.47. The van der Waals surface area contributed by atoms with E-state index in [-0.39, 0.29) is 23.5 Å². The maximum absolute atomic E-state index is 13.8. The van der Waals surface area contributed by atoms with Gasteiger partial charge in [-0.1, -0.05) is 35.9 Å². The molecule has 2 atom stereocenters. The van der Waals surface area contributed by atoms with Crippen LogP contribution in [-0.2, 0) is 10.5 Å². The fraction of sp³-hybridized carbons (Fsp3) is 0.632. The number of amides is 1. The molecule has 29 heavy (non-hydrogen) atoms. The van der Waals surface area contributed by atoms with E-state index in [2.05, 4.69) is 10.5 Å². The lowest BCUT2D eigenvalue weighted by atomic mass is 9.82. The molecule has 0 fully saturated rings. The molecule has 0 aliphatic carbocycles. The molecule has 0 radical (unpaired) electrons. The minimum Gasteiger partial charge on any atom is -0.457 e. The number of hydrazine groups is 1. The Hall–Kier alpha value is -1.86. The van der Waals surface area contributed by atoms with Gasteiger partial charge in [0.05, 0.1) is 16.8 Å². The third kappa shape index (κ3) is 4.36. The Balaban J connectivity index is 2.48. The van der Waals surface area contributed by atoms with Gasteiger partial charge in [-0.25, -0.2) is 5.01 Å². The van der Waals surface area contributed by atoms with Crippen LogP contribution < -0.4 is 5.32 Å². The van der Waals surface area contributed by atoms with Gasteiger partial charge in [0.1, 0.15) is 11.5 Å². The lowest BCUT2D eigenvalue weighted by Crippen LogP contribution is -2.61. The largest absolute Gasteiger partial charge is 0.457 e. The Bertz CT molecular complexity index is 806. The number of halogens is 2. The Morgan fingerprint density at radius 1 is 1.34 bits per heavy atom. The zero-order valence-electron chi connectivity index (χ0n) is 17.5. The van der Waals surface area contributed by atoms with Gasteiger partial charge >= 0.3 is 5.66 Å². The predicted octanol–water partition coefficient (Wildman–Crippen LogP) is 4.60. The summed E-state index contributed by atoms with van der Waals surface area (Å²) in [6.07, 6.45) is 3.00. The van der Waals surface area contributed by atoms with Crippen LogP contribution in [-0.4, -0.2) is 42.1 Å². The highest BCUT2D eigenvalue weighted by atomic mass is 31.0. The molecule has 0 saturated carbocycles. The zero-order chi connectivity index (χ0) is 22.0. The number of rotatable bonds is 9. The molecular weight excluding hydrogens is 401 g/mol. The van der Waals surface area contributed by atoms with Crippen molar-refractivity contribution < 1.29 is 18.0 Å². The van der Waals surface area contributed by atoms with Crippen LogP contribution in [0.4, 0.5) is 14.5 Å². The first-order valence-electron chi connectivity index (χ1n) is 9.63. The van der Waals surface area contributed by atoms with Gasteiger partial charge in [-0.05, 0) is 24.9 Å².